The number of benzene rings is 2. The van der Waals surface area contributed by atoms with Crippen molar-refractivity contribution in [2.24, 2.45) is 0 Å². The topological polar surface area (TPSA) is 53.9 Å². The molecule has 0 fully saturated rings. The molecule has 0 bridgehead atoms. The van der Waals surface area contributed by atoms with Crippen LogP contribution in [0.3, 0.4) is 0 Å². The number of fused-ring (bicyclic) bond motifs is 1. The van der Waals surface area contributed by atoms with Crippen molar-refractivity contribution in [2.45, 2.75) is 12.8 Å². The minimum Gasteiger partial charge on any atom is -0.353 e. The third kappa shape index (κ3) is 3.56. The van der Waals surface area contributed by atoms with Gasteiger partial charge in [-0.2, -0.15) is 10.1 Å². The first-order valence-corrected chi connectivity index (χ1v) is 8.71. The molecule has 1 aromatic heterocycles. The predicted molar refractivity (Wildman–Crippen MR) is 101 cm³/mol. The fraction of sp³-hybridized carbons (Fsp3) is 0.211. The van der Waals surface area contributed by atoms with Gasteiger partial charge in [-0.1, -0.05) is 41.9 Å². The normalized spacial score (nSPS) is 12.9. The van der Waals surface area contributed by atoms with Crippen molar-refractivity contribution in [3.8, 4) is 0 Å². The highest BCUT2D eigenvalue weighted by molar-refractivity contribution is 6.30. The summed E-state index contributed by atoms with van der Waals surface area (Å²) < 4.78 is 0. The minimum atomic E-state index is 0.552. The van der Waals surface area contributed by atoms with E-state index < -0.39 is 0 Å². The number of anilines is 3. The number of nitrogens with one attached hydrogen (secondary N) is 1. The SMILES string of the molecule is Clc1ccc(CCNc2nncc(N3CCc4ccccc43)n2)cc1. The molecule has 4 rings (SSSR count). The summed E-state index contributed by atoms with van der Waals surface area (Å²) in [5.41, 5.74) is 3.77. The van der Waals surface area contributed by atoms with E-state index in [0.29, 0.717) is 5.95 Å². The molecule has 126 valence electrons. The van der Waals surface area contributed by atoms with Gasteiger partial charge in [-0.15, -0.1) is 5.10 Å². The maximum Gasteiger partial charge on any atom is 0.244 e. The van der Waals surface area contributed by atoms with Gasteiger partial charge in [-0.05, 0) is 42.2 Å². The van der Waals surface area contributed by atoms with Crippen molar-refractivity contribution < 1.29 is 0 Å². The van der Waals surface area contributed by atoms with Crippen molar-refractivity contribution >= 4 is 29.1 Å². The van der Waals surface area contributed by atoms with Gasteiger partial charge in [0.2, 0.25) is 5.95 Å². The number of halogens is 1. The minimum absolute atomic E-state index is 0.552. The molecule has 0 saturated heterocycles. The number of hydrogen-bond donors (Lipinski definition) is 1. The predicted octanol–water partition coefficient (Wildman–Crippen LogP) is 3.87. The molecule has 0 radical (unpaired) electrons. The molecule has 1 aliphatic heterocycles. The van der Waals surface area contributed by atoms with Crippen LogP contribution in [0.4, 0.5) is 17.5 Å². The van der Waals surface area contributed by atoms with E-state index in [4.69, 9.17) is 11.6 Å². The van der Waals surface area contributed by atoms with Crippen LogP contribution in [0.5, 0.6) is 0 Å². The van der Waals surface area contributed by atoms with Crippen molar-refractivity contribution in [1.29, 1.82) is 0 Å². The molecule has 6 heteroatoms. The van der Waals surface area contributed by atoms with Gasteiger partial charge in [0.25, 0.3) is 0 Å². The smallest absolute Gasteiger partial charge is 0.244 e. The van der Waals surface area contributed by atoms with Crippen molar-refractivity contribution in [3.63, 3.8) is 0 Å². The highest BCUT2D eigenvalue weighted by Gasteiger charge is 2.21. The maximum atomic E-state index is 5.91. The van der Waals surface area contributed by atoms with E-state index in [0.717, 1.165) is 36.8 Å². The summed E-state index contributed by atoms with van der Waals surface area (Å²) in [6.45, 7) is 1.66. The number of hydrogen-bond acceptors (Lipinski definition) is 5. The lowest BCUT2D eigenvalue weighted by Gasteiger charge is -2.18. The monoisotopic (exact) mass is 351 g/mol. The first-order valence-electron chi connectivity index (χ1n) is 8.33. The first kappa shape index (κ1) is 15.8. The molecule has 5 nitrogen and oxygen atoms in total. The van der Waals surface area contributed by atoms with Gasteiger partial charge in [-0.25, -0.2) is 0 Å². The number of aromatic nitrogens is 3. The van der Waals surface area contributed by atoms with Crippen LogP contribution in [0.15, 0.2) is 54.7 Å². The standard InChI is InChI=1S/C19H18ClN5/c20-16-7-5-14(6-8-16)9-11-21-19-23-18(13-22-24-19)25-12-10-15-3-1-2-4-17(15)25/h1-8,13H,9-12H2,(H,21,23,24). The quantitative estimate of drug-likeness (QED) is 0.756. The fourth-order valence-corrected chi connectivity index (χ4v) is 3.17. The second kappa shape index (κ2) is 7.07. The molecule has 2 aromatic carbocycles. The molecule has 3 aromatic rings. The van der Waals surface area contributed by atoms with Crippen LogP contribution in [-0.4, -0.2) is 28.3 Å². The Hall–Kier alpha value is -2.66. The zero-order chi connectivity index (χ0) is 17.1. The Morgan fingerprint density at radius 3 is 2.80 bits per heavy atom. The molecule has 1 aliphatic rings. The van der Waals surface area contributed by atoms with E-state index in [-0.39, 0.29) is 0 Å². The van der Waals surface area contributed by atoms with E-state index in [1.54, 1.807) is 6.20 Å². The molecular weight excluding hydrogens is 334 g/mol. The van der Waals surface area contributed by atoms with Gasteiger partial charge < -0.3 is 10.2 Å². The zero-order valence-electron chi connectivity index (χ0n) is 13.7. The van der Waals surface area contributed by atoms with Crippen molar-refractivity contribution in [1.82, 2.24) is 15.2 Å². The molecule has 0 aliphatic carbocycles. The van der Waals surface area contributed by atoms with E-state index in [1.807, 2.05) is 24.3 Å². The van der Waals surface area contributed by atoms with Gasteiger partial charge in [-0.3, -0.25) is 0 Å². The van der Waals surface area contributed by atoms with Gasteiger partial charge in [0, 0.05) is 23.8 Å². The summed E-state index contributed by atoms with van der Waals surface area (Å²) in [6, 6.07) is 16.3. The van der Waals surface area contributed by atoms with Crippen LogP contribution in [0.25, 0.3) is 0 Å². The van der Waals surface area contributed by atoms with E-state index in [2.05, 4.69) is 49.7 Å². The maximum absolute atomic E-state index is 5.91. The van der Waals surface area contributed by atoms with E-state index >= 15 is 0 Å². The molecule has 0 saturated carbocycles. The third-order valence-electron chi connectivity index (χ3n) is 4.32. The Labute approximate surface area is 151 Å². The number of para-hydroxylation sites is 1. The van der Waals surface area contributed by atoms with Gasteiger partial charge in [0.15, 0.2) is 5.82 Å². The van der Waals surface area contributed by atoms with Crippen LogP contribution in [0, 0.1) is 0 Å². The Morgan fingerprint density at radius 1 is 1.08 bits per heavy atom. The number of nitrogens with zero attached hydrogens (tertiary/aromatic N) is 4. The molecule has 0 atom stereocenters. The van der Waals surface area contributed by atoms with Crippen LogP contribution in [0.2, 0.25) is 5.02 Å². The lowest BCUT2D eigenvalue weighted by molar-refractivity contribution is 0.896. The first-order chi connectivity index (χ1) is 12.3. The Kier molecular flexibility index (Phi) is 4.48. The van der Waals surface area contributed by atoms with Crippen LogP contribution in [0.1, 0.15) is 11.1 Å². The lowest BCUT2D eigenvalue weighted by Crippen LogP contribution is -2.17. The van der Waals surface area contributed by atoms with Gasteiger partial charge in [0.1, 0.15) is 0 Å². The average molecular weight is 352 g/mol. The average Bonchev–Trinajstić information content (AvgIpc) is 3.08. The summed E-state index contributed by atoms with van der Waals surface area (Å²) in [7, 11) is 0. The van der Waals surface area contributed by atoms with Crippen molar-refractivity contribution in [3.05, 3.63) is 70.9 Å². The molecule has 1 N–H and O–H groups in total. The highest BCUT2D eigenvalue weighted by Crippen LogP contribution is 2.32. The van der Waals surface area contributed by atoms with E-state index in [9.17, 15) is 0 Å². The second-order valence-electron chi connectivity index (χ2n) is 5.97. The molecule has 0 unspecified atom stereocenters. The summed E-state index contributed by atoms with van der Waals surface area (Å²) in [5, 5.41) is 12.2. The molecular formula is C19H18ClN5. The third-order valence-corrected chi connectivity index (χ3v) is 4.57. The van der Waals surface area contributed by atoms with Crippen molar-refractivity contribution in [2.75, 3.05) is 23.3 Å². The largest absolute Gasteiger partial charge is 0.353 e. The summed E-state index contributed by atoms with van der Waals surface area (Å²) >= 11 is 5.91. The fourth-order valence-electron chi connectivity index (χ4n) is 3.05. The Balaban J connectivity index is 1.43. The molecule has 2 heterocycles. The summed E-state index contributed by atoms with van der Waals surface area (Å²) in [4.78, 5) is 6.81. The van der Waals surface area contributed by atoms with Crippen LogP contribution < -0.4 is 10.2 Å². The van der Waals surface area contributed by atoms with Crippen LogP contribution >= 0.6 is 11.6 Å². The summed E-state index contributed by atoms with van der Waals surface area (Å²) in [6.07, 6.45) is 3.61. The highest BCUT2D eigenvalue weighted by atomic mass is 35.5. The van der Waals surface area contributed by atoms with E-state index in [1.165, 1.54) is 16.8 Å². The van der Waals surface area contributed by atoms with Crippen LogP contribution in [-0.2, 0) is 12.8 Å². The zero-order valence-corrected chi connectivity index (χ0v) is 14.4. The summed E-state index contributed by atoms with van der Waals surface area (Å²) in [5.74, 6) is 1.38. The van der Waals surface area contributed by atoms with Gasteiger partial charge in [0.05, 0.1) is 6.20 Å². The number of rotatable bonds is 5. The van der Waals surface area contributed by atoms with Gasteiger partial charge >= 0.3 is 0 Å². The molecule has 25 heavy (non-hydrogen) atoms. The lowest BCUT2D eigenvalue weighted by atomic mass is 10.1. The second-order valence-corrected chi connectivity index (χ2v) is 6.41. The molecule has 0 spiro atoms. The Morgan fingerprint density at radius 2 is 1.92 bits per heavy atom. The Bertz CT molecular complexity index is 866. The molecule has 0 amide bonds.